The Balaban J connectivity index is 2.05. The first kappa shape index (κ1) is 17.5. The van der Waals surface area contributed by atoms with Crippen molar-refractivity contribution in [1.29, 1.82) is 0 Å². The van der Waals surface area contributed by atoms with E-state index in [4.69, 9.17) is 33.0 Å². The zero-order valence-corrected chi connectivity index (χ0v) is 13.3. The molecule has 0 amide bonds. The first-order valence-corrected chi connectivity index (χ1v) is 7.38. The highest BCUT2D eigenvalue weighted by Crippen LogP contribution is 2.26. The lowest BCUT2D eigenvalue weighted by molar-refractivity contribution is -0.139. The third-order valence-electron chi connectivity index (χ3n) is 3.09. The van der Waals surface area contributed by atoms with Crippen LogP contribution in [-0.4, -0.2) is 16.2 Å². The van der Waals surface area contributed by atoms with Gasteiger partial charge in [0.05, 0.1) is 22.6 Å². The number of aliphatic hydroxyl groups excluding tert-OH is 1. The molecule has 2 aromatic rings. The van der Waals surface area contributed by atoms with Crippen LogP contribution in [0.1, 0.15) is 23.7 Å². The van der Waals surface area contributed by atoms with Gasteiger partial charge in [0.25, 0.3) is 0 Å². The number of benzene rings is 2. The summed E-state index contributed by atoms with van der Waals surface area (Å²) in [6.07, 6.45) is -1.97. The largest absolute Gasteiger partial charge is 0.489 e. The van der Waals surface area contributed by atoms with E-state index in [1.54, 1.807) is 18.2 Å². The minimum atomic E-state index is -1.41. The number of carboxylic acids is 1. The lowest BCUT2D eigenvalue weighted by Crippen LogP contribution is -2.07. The van der Waals surface area contributed by atoms with Crippen molar-refractivity contribution < 1.29 is 24.1 Å². The van der Waals surface area contributed by atoms with Gasteiger partial charge in [-0.2, -0.15) is 0 Å². The van der Waals surface area contributed by atoms with Crippen LogP contribution in [0.4, 0.5) is 4.39 Å². The molecule has 0 saturated carbocycles. The van der Waals surface area contributed by atoms with Gasteiger partial charge < -0.3 is 14.9 Å². The maximum atomic E-state index is 13.9. The summed E-state index contributed by atoms with van der Waals surface area (Å²) in [5.41, 5.74) is 0.670. The Kier molecular flexibility index (Phi) is 5.82. The number of aliphatic hydroxyl groups is 1. The van der Waals surface area contributed by atoms with E-state index >= 15 is 0 Å². The first-order valence-electron chi connectivity index (χ1n) is 6.63. The van der Waals surface area contributed by atoms with Crippen LogP contribution < -0.4 is 4.74 Å². The Morgan fingerprint density at radius 3 is 2.52 bits per heavy atom. The van der Waals surface area contributed by atoms with Crippen LogP contribution in [0.25, 0.3) is 0 Å². The molecule has 1 unspecified atom stereocenters. The second-order valence-electron chi connectivity index (χ2n) is 4.83. The highest BCUT2D eigenvalue weighted by molar-refractivity contribution is 6.42. The third kappa shape index (κ3) is 4.82. The van der Waals surface area contributed by atoms with Crippen LogP contribution in [0, 0.1) is 5.82 Å². The van der Waals surface area contributed by atoms with E-state index < -0.39 is 24.3 Å². The summed E-state index contributed by atoms with van der Waals surface area (Å²) in [7, 11) is 0. The van der Waals surface area contributed by atoms with Gasteiger partial charge in [-0.15, -0.1) is 0 Å². The van der Waals surface area contributed by atoms with Gasteiger partial charge in [0.2, 0.25) is 0 Å². The molecule has 0 fully saturated rings. The van der Waals surface area contributed by atoms with Crippen molar-refractivity contribution in [2.75, 3.05) is 0 Å². The minimum absolute atomic E-state index is 0.0886. The van der Waals surface area contributed by atoms with Crippen LogP contribution in [0.3, 0.4) is 0 Å². The number of carbonyl (C=O) groups is 1. The Hall–Kier alpha value is -1.82. The normalized spacial score (nSPS) is 12.0. The maximum Gasteiger partial charge on any atom is 0.306 e. The summed E-state index contributed by atoms with van der Waals surface area (Å²) in [5.74, 6) is -1.69. The van der Waals surface area contributed by atoms with Crippen LogP contribution in [-0.2, 0) is 11.4 Å². The summed E-state index contributed by atoms with van der Waals surface area (Å²) in [4.78, 5) is 10.5. The number of hydrogen-bond acceptors (Lipinski definition) is 3. The molecule has 23 heavy (non-hydrogen) atoms. The molecule has 0 spiro atoms. The molecule has 0 radical (unpaired) electrons. The van der Waals surface area contributed by atoms with E-state index in [0.29, 0.717) is 10.0 Å². The second kappa shape index (κ2) is 7.64. The van der Waals surface area contributed by atoms with E-state index in [0.717, 1.165) is 11.6 Å². The number of halogens is 3. The Bertz CT molecular complexity index is 721. The van der Waals surface area contributed by atoms with E-state index in [1.165, 1.54) is 12.1 Å². The van der Waals surface area contributed by atoms with Crippen LogP contribution in [0.2, 0.25) is 10.0 Å². The molecule has 122 valence electrons. The van der Waals surface area contributed by atoms with Gasteiger partial charge in [0, 0.05) is 11.6 Å². The van der Waals surface area contributed by atoms with Crippen molar-refractivity contribution in [3.8, 4) is 5.75 Å². The molecule has 0 aliphatic heterocycles. The molecule has 0 heterocycles. The standard InChI is InChI=1S/C16H13Cl2FO4/c17-12-4-1-9(5-13(12)18)8-23-10-2-3-11(14(19)6-10)15(20)7-16(21)22/h1-6,15,20H,7-8H2,(H,21,22). The Labute approximate surface area is 142 Å². The molecule has 1 atom stereocenters. The minimum Gasteiger partial charge on any atom is -0.489 e. The predicted octanol–water partition coefficient (Wildman–Crippen LogP) is 4.22. The average molecular weight is 359 g/mol. The van der Waals surface area contributed by atoms with Crippen LogP contribution >= 0.6 is 23.2 Å². The quantitative estimate of drug-likeness (QED) is 0.811. The number of rotatable bonds is 6. The topological polar surface area (TPSA) is 66.8 Å². The Morgan fingerprint density at radius 1 is 1.17 bits per heavy atom. The summed E-state index contributed by atoms with van der Waals surface area (Å²) in [6, 6.07) is 8.86. The molecule has 2 aromatic carbocycles. The van der Waals surface area contributed by atoms with Gasteiger partial charge in [0.1, 0.15) is 18.2 Å². The van der Waals surface area contributed by atoms with Crippen molar-refractivity contribution in [3.63, 3.8) is 0 Å². The zero-order chi connectivity index (χ0) is 17.0. The molecule has 2 rings (SSSR count). The van der Waals surface area contributed by atoms with E-state index in [-0.39, 0.29) is 17.9 Å². The third-order valence-corrected chi connectivity index (χ3v) is 3.83. The number of ether oxygens (including phenoxy) is 1. The summed E-state index contributed by atoms with van der Waals surface area (Å²) < 4.78 is 19.4. The predicted molar refractivity (Wildman–Crippen MR) is 84.4 cm³/mol. The van der Waals surface area contributed by atoms with Crippen molar-refractivity contribution in [1.82, 2.24) is 0 Å². The van der Waals surface area contributed by atoms with Crippen molar-refractivity contribution in [3.05, 3.63) is 63.4 Å². The molecule has 0 aliphatic rings. The van der Waals surface area contributed by atoms with Gasteiger partial charge in [-0.25, -0.2) is 4.39 Å². The molecule has 2 N–H and O–H groups in total. The summed E-state index contributed by atoms with van der Waals surface area (Å²) >= 11 is 11.7. The van der Waals surface area contributed by atoms with Crippen LogP contribution in [0.5, 0.6) is 5.75 Å². The molecule has 7 heteroatoms. The maximum absolute atomic E-state index is 13.9. The highest BCUT2D eigenvalue weighted by atomic mass is 35.5. The average Bonchev–Trinajstić information content (AvgIpc) is 2.47. The van der Waals surface area contributed by atoms with Gasteiger partial charge >= 0.3 is 5.97 Å². The number of hydrogen-bond donors (Lipinski definition) is 2. The molecular weight excluding hydrogens is 346 g/mol. The van der Waals surface area contributed by atoms with Crippen molar-refractivity contribution in [2.45, 2.75) is 19.1 Å². The SMILES string of the molecule is O=C(O)CC(O)c1ccc(OCc2ccc(Cl)c(Cl)c2)cc1F. The fourth-order valence-corrected chi connectivity index (χ4v) is 2.26. The van der Waals surface area contributed by atoms with Gasteiger partial charge in [0.15, 0.2) is 0 Å². The van der Waals surface area contributed by atoms with E-state index in [2.05, 4.69) is 0 Å². The second-order valence-corrected chi connectivity index (χ2v) is 5.65. The molecule has 0 bridgehead atoms. The lowest BCUT2D eigenvalue weighted by Gasteiger charge is -2.12. The Morgan fingerprint density at radius 2 is 1.91 bits per heavy atom. The number of carboxylic acid groups (broad SMARTS) is 1. The summed E-state index contributed by atoms with van der Waals surface area (Å²) in [6.45, 7) is 0.160. The monoisotopic (exact) mass is 358 g/mol. The molecular formula is C16H13Cl2FO4. The van der Waals surface area contributed by atoms with E-state index in [9.17, 15) is 14.3 Å². The summed E-state index contributed by atoms with van der Waals surface area (Å²) in [5, 5.41) is 19.1. The van der Waals surface area contributed by atoms with Gasteiger partial charge in [-0.1, -0.05) is 29.3 Å². The molecule has 0 aromatic heterocycles. The molecule has 4 nitrogen and oxygen atoms in total. The van der Waals surface area contributed by atoms with Crippen LogP contribution in [0.15, 0.2) is 36.4 Å². The van der Waals surface area contributed by atoms with E-state index in [1.807, 2.05) is 0 Å². The van der Waals surface area contributed by atoms with Crippen molar-refractivity contribution in [2.24, 2.45) is 0 Å². The van der Waals surface area contributed by atoms with Gasteiger partial charge in [-0.3, -0.25) is 4.79 Å². The van der Waals surface area contributed by atoms with Gasteiger partial charge in [-0.05, 0) is 29.8 Å². The highest BCUT2D eigenvalue weighted by Gasteiger charge is 2.16. The zero-order valence-electron chi connectivity index (χ0n) is 11.8. The number of aliphatic carboxylic acids is 1. The lowest BCUT2D eigenvalue weighted by atomic mass is 10.1. The smallest absolute Gasteiger partial charge is 0.306 e. The fraction of sp³-hybridized carbons (Fsp3) is 0.188. The first-order chi connectivity index (χ1) is 10.9. The fourth-order valence-electron chi connectivity index (χ4n) is 1.94. The molecule has 0 aliphatic carbocycles. The van der Waals surface area contributed by atoms with Crippen molar-refractivity contribution >= 4 is 29.2 Å². The molecule has 0 saturated heterocycles.